The van der Waals surface area contributed by atoms with Crippen LogP contribution in [-0.2, 0) is 22.4 Å². The zero-order chi connectivity index (χ0) is 33.1. The molecule has 0 unspecified atom stereocenters. The van der Waals surface area contributed by atoms with Crippen molar-refractivity contribution in [2.24, 2.45) is 0 Å². The van der Waals surface area contributed by atoms with E-state index in [1.165, 1.54) is 0 Å². The number of anilines is 1. The molecule has 2 aromatic rings. The SMILES string of the molecule is Bc1cc(C[C@@H](OC(=O)N2CCC(N3CCc4ccccc4NC3=O)CC2)C(=O)N2CCC(N3CCC[C@@H](O)C3)CC2)cc(B)c1O. The lowest BCUT2D eigenvalue weighted by Crippen LogP contribution is -2.53. The zero-order valence-corrected chi connectivity index (χ0v) is 27.7. The topological polar surface area (TPSA) is 126 Å². The maximum atomic E-state index is 14.0. The Labute approximate surface area is 279 Å². The lowest BCUT2D eigenvalue weighted by atomic mass is 9.83. The van der Waals surface area contributed by atoms with E-state index < -0.39 is 12.2 Å². The van der Waals surface area contributed by atoms with Gasteiger partial charge in [-0.2, -0.15) is 0 Å². The molecule has 4 aliphatic heterocycles. The number of β-amino-alcohol motifs (C(OH)–C–C–N with tert-alkyl or cyclic N) is 1. The number of likely N-dealkylation sites (tertiary alicyclic amines) is 3. The van der Waals surface area contributed by atoms with E-state index in [9.17, 15) is 24.6 Å². The maximum absolute atomic E-state index is 14.0. The number of hydrogen-bond acceptors (Lipinski definition) is 7. The summed E-state index contributed by atoms with van der Waals surface area (Å²) in [6, 6.07) is 11.8. The third-order valence-electron chi connectivity index (χ3n) is 10.5. The van der Waals surface area contributed by atoms with Crippen molar-refractivity contribution in [3.63, 3.8) is 0 Å². The Bertz CT molecular complexity index is 1440. The number of phenolic OH excluding ortho intramolecular Hbond substituents is 1. The molecule has 0 bridgehead atoms. The van der Waals surface area contributed by atoms with E-state index in [2.05, 4.69) is 10.2 Å². The molecule has 3 saturated heterocycles. The second kappa shape index (κ2) is 14.6. The largest absolute Gasteiger partial charge is 0.509 e. The summed E-state index contributed by atoms with van der Waals surface area (Å²) in [5, 5.41) is 23.5. The number of carbonyl (C=O) groups excluding carboxylic acids is 3. The van der Waals surface area contributed by atoms with Crippen molar-refractivity contribution in [3.8, 4) is 5.75 Å². The maximum Gasteiger partial charge on any atom is 0.410 e. The zero-order valence-electron chi connectivity index (χ0n) is 27.7. The molecule has 11 nitrogen and oxygen atoms in total. The van der Waals surface area contributed by atoms with Gasteiger partial charge in [-0.15, -0.1) is 0 Å². The number of para-hydroxylation sites is 1. The molecule has 3 fully saturated rings. The lowest BCUT2D eigenvalue weighted by molar-refractivity contribution is -0.142. The fraction of sp³-hybridized carbons (Fsp3) is 0.559. The van der Waals surface area contributed by atoms with Crippen molar-refractivity contribution >= 4 is 50.3 Å². The van der Waals surface area contributed by atoms with E-state index >= 15 is 0 Å². The van der Waals surface area contributed by atoms with Crippen LogP contribution < -0.4 is 16.2 Å². The average Bonchev–Trinajstić information content (AvgIpc) is 3.24. The number of fused-ring (bicyclic) bond motifs is 1. The predicted molar refractivity (Wildman–Crippen MR) is 185 cm³/mol. The third kappa shape index (κ3) is 7.73. The molecule has 47 heavy (non-hydrogen) atoms. The third-order valence-corrected chi connectivity index (χ3v) is 10.5. The quantitative estimate of drug-likeness (QED) is 0.378. The molecular formula is C34H47B2N5O6. The fourth-order valence-electron chi connectivity index (χ4n) is 7.82. The molecule has 0 aliphatic carbocycles. The minimum absolute atomic E-state index is 0.0102. The number of benzene rings is 2. The number of nitrogens with one attached hydrogen (secondary N) is 1. The molecule has 0 spiro atoms. The number of ether oxygens (including phenoxy) is 1. The Kier molecular flexibility index (Phi) is 10.3. The molecule has 6 rings (SSSR count). The Morgan fingerprint density at radius 2 is 1.57 bits per heavy atom. The number of urea groups is 1. The summed E-state index contributed by atoms with van der Waals surface area (Å²) in [6.07, 6.45) is 3.93. The van der Waals surface area contributed by atoms with Crippen LogP contribution in [0.25, 0.3) is 0 Å². The van der Waals surface area contributed by atoms with Gasteiger partial charge in [0.1, 0.15) is 21.4 Å². The number of amides is 4. The molecule has 2 atom stereocenters. The van der Waals surface area contributed by atoms with Gasteiger partial charge in [0.2, 0.25) is 0 Å². The molecule has 0 radical (unpaired) electrons. The lowest BCUT2D eigenvalue weighted by Gasteiger charge is -2.42. The van der Waals surface area contributed by atoms with Crippen molar-refractivity contribution in [2.75, 3.05) is 51.1 Å². The van der Waals surface area contributed by atoms with E-state index in [1.807, 2.05) is 61.9 Å². The highest BCUT2D eigenvalue weighted by Crippen LogP contribution is 2.26. The van der Waals surface area contributed by atoms with E-state index in [0.29, 0.717) is 69.1 Å². The molecule has 0 saturated carbocycles. The number of piperidine rings is 3. The van der Waals surface area contributed by atoms with Gasteiger partial charge in [0.15, 0.2) is 6.10 Å². The number of hydrogen-bond donors (Lipinski definition) is 3. The highest BCUT2D eigenvalue weighted by atomic mass is 16.6. The highest BCUT2D eigenvalue weighted by Gasteiger charge is 2.36. The molecule has 250 valence electrons. The number of aromatic hydroxyl groups is 1. The van der Waals surface area contributed by atoms with Crippen LogP contribution in [-0.4, -0.2) is 134 Å². The predicted octanol–water partition coefficient (Wildman–Crippen LogP) is -0.0410. The van der Waals surface area contributed by atoms with E-state index in [4.69, 9.17) is 4.74 Å². The van der Waals surface area contributed by atoms with Crippen LogP contribution in [0.15, 0.2) is 36.4 Å². The first-order chi connectivity index (χ1) is 22.7. The first-order valence-electron chi connectivity index (χ1n) is 17.3. The molecular weight excluding hydrogens is 596 g/mol. The number of aliphatic hydroxyl groups is 1. The molecule has 0 aromatic heterocycles. The Morgan fingerprint density at radius 3 is 2.28 bits per heavy atom. The van der Waals surface area contributed by atoms with Gasteiger partial charge in [-0.05, 0) is 79.6 Å². The van der Waals surface area contributed by atoms with Gasteiger partial charge in [-0.1, -0.05) is 30.3 Å². The summed E-state index contributed by atoms with van der Waals surface area (Å²) in [7, 11) is 3.65. The van der Waals surface area contributed by atoms with Crippen LogP contribution in [0.5, 0.6) is 5.75 Å². The average molecular weight is 643 g/mol. The molecule has 13 heteroatoms. The first-order valence-corrected chi connectivity index (χ1v) is 17.3. The van der Waals surface area contributed by atoms with Crippen LogP contribution in [0.2, 0.25) is 0 Å². The number of nitrogens with zero attached hydrogens (tertiary/aromatic N) is 4. The summed E-state index contributed by atoms with van der Waals surface area (Å²) >= 11 is 0. The van der Waals surface area contributed by atoms with Crippen molar-refractivity contribution in [3.05, 3.63) is 47.5 Å². The van der Waals surface area contributed by atoms with Gasteiger partial charge >= 0.3 is 12.1 Å². The second-order valence-corrected chi connectivity index (χ2v) is 13.8. The van der Waals surface area contributed by atoms with Gasteiger partial charge in [-0.25, -0.2) is 9.59 Å². The minimum atomic E-state index is -0.994. The normalized spacial score (nSPS) is 22.3. The molecule has 3 N–H and O–H groups in total. The summed E-state index contributed by atoms with van der Waals surface area (Å²) in [5.74, 6) is 0.0258. The van der Waals surface area contributed by atoms with Crippen LogP contribution >= 0.6 is 0 Å². The van der Waals surface area contributed by atoms with Crippen LogP contribution in [0.3, 0.4) is 0 Å². The van der Waals surface area contributed by atoms with E-state index in [1.54, 1.807) is 4.90 Å². The Morgan fingerprint density at radius 1 is 0.915 bits per heavy atom. The van der Waals surface area contributed by atoms with Gasteiger partial charge in [0.05, 0.1) is 6.10 Å². The summed E-state index contributed by atoms with van der Waals surface area (Å²) in [5.41, 5.74) is 4.22. The van der Waals surface area contributed by atoms with Crippen LogP contribution in [0, 0.1) is 0 Å². The van der Waals surface area contributed by atoms with Gasteiger partial charge in [0.25, 0.3) is 5.91 Å². The highest BCUT2D eigenvalue weighted by molar-refractivity contribution is 6.41. The Balaban J connectivity index is 1.09. The van der Waals surface area contributed by atoms with Gasteiger partial charge in [0, 0.05) is 63.5 Å². The number of aliphatic hydroxyl groups excluding tert-OH is 1. The summed E-state index contributed by atoms with van der Waals surface area (Å²) < 4.78 is 6.04. The van der Waals surface area contributed by atoms with Crippen molar-refractivity contribution in [1.82, 2.24) is 19.6 Å². The van der Waals surface area contributed by atoms with Crippen LogP contribution in [0.4, 0.5) is 15.3 Å². The minimum Gasteiger partial charge on any atom is -0.509 e. The fourth-order valence-corrected chi connectivity index (χ4v) is 7.82. The first kappa shape index (κ1) is 33.2. The number of phenols is 1. The van der Waals surface area contributed by atoms with Crippen LogP contribution in [0.1, 0.15) is 49.7 Å². The van der Waals surface area contributed by atoms with Crippen molar-refractivity contribution in [2.45, 2.75) is 75.7 Å². The molecule has 4 aliphatic rings. The van der Waals surface area contributed by atoms with Crippen molar-refractivity contribution in [1.29, 1.82) is 0 Å². The summed E-state index contributed by atoms with van der Waals surface area (Å²) in [4.78, 5) is 48.4. The second-order valence-electron chi connectivity index (χ2n) is 13.8. The summed E-state index contributed by atoms with van der Waals surface area (Å²) in [6.45, 7) is 4.30. The molecule has 2 aromatic carbocycles. The number of rotatable bonds is 6. The standard InChI is InChI=1S/C34H47B2N5O6/c35-27-18-22(19-28(36)31(27)43)20-30(32(44)38-13-8-24(9-14-38)40-12-3-5-26(42)21-40)47-34(46)39-15-10-25(11-16-39)41-17-7-23-4-1-2-6-29(23)37-33(41)45/h1-2,4,6,18-19,24-26,30,42-43H,3,5,7-17,20-21,35-36H2,(H,37,45)/t26-,30-/m1/s1. The van der Waals surface area contributed by atoms with E-state index in [-0.39, 0.29) is 36.3 Å². The Hall–Kier alpha value is -3.70. The monoisotopic (exact) mass is 643 g/mol. The molecule has 4 heterocycles. The number of carbonyl (C=O) groups is 3. The van der Waals surface area contributed by atoms with Gasteiger partial charge < -0.3 is 35.0 Å². The smallest absolute Gasteiger partial charge is 0.410 e. The van der Waals surface area contributed by atoms with Gasteiger partial charge in [-0.3, -0.25) is 9.69 Å². The van der Waals surface area contributed by atoms with Crippen molar-refractivity contribution < 1.29 is 29.3 Å². The molecule has 4 amide bonds. The van der Waals surface area contributed by atoms with E-state index in [0.717, 1.165) is 55.5 Å².